The molecule has 0 spiro atoms. The third kappa shape index (κ3) is 7.54. The van der Waals surface area contributed by atoms with Gasteiger partial charge in [0, 0.05) is 31.5 Å². The highest BCUT2D eigenvalue weighted by Gasteiger charge is 2.20. The SMILES string of the molecule is CCOC(OCC)[Si]CNC(=O)N(C(C)C)C(C)C. The molecule has 5 nitrogen and oxygen atoms in total. The summed E-state index contributed by atoms with van der Waals surface area (Å²) in [7, 11) is 0.407. The van der Waals surface area contributed by atoms with Crippen LogP contribution in [0, 0.1) is 0 Å². The van der Waals surface area contributed by atoms with E-state index in [-0.39, 0.29) is 24.0 Å². The largest absolute Gasteiger partial charge is 0.357 e. The van der Waals surface area contributed by atoms with Gasteiger partial charge in [0.2, 0.25) is 0 Å². The highest BCUT2D eigenvalue weighted by atomic mass is 28.2. The molecule has 0 bridgehead atoms. The Labute approximate surface area is 119 Å². The molecule has 0 saturated heterocycles. The Kier molecular flexibility index (Phi) is 9.91. The molecule has 112 valence electrons. The number of ether oxygens (including phenoxy) is 2. The minimum Gasteiger partial charge on any atom is -0.357 e. The lowest BCUT2D eigenvalue weighted by Gasteiger charge is -2.31. The van der Waals surface area contributed by atoms with Gasteiger partial charge in [-0.3, -0.25) is 0 Å². The number of amides is 2. The van der Waals surface area contributed by atoms with E-state index in [0.29, 0.717) is 28.9 Å². The number of carbonyl (C=O) groups excluding carboxylic acids is 1. The Morgan fingerprint density at radius 1 is 1.11 bits per heavy atom. The molecule has 0 saturated carbocycles. The Hall–Kier alpha value is -0.593. The number of urea groups is 1. The fraction of sp³-hybridized carbons (Fsp3) is 0.923. The van der Waals surface area contributed by atoms with Crippen molar-refractivity contribution in [3.8, 4) is 0 Å². The van der Waals surface area contributed by atoms with Gasteiger partial charge in [-0.15, -0.1) is 0 Å². The molecule has 6 heteroatoms. The van der Waals surface area contributed by atoms with E-state index in [4.69, 9.17) is 9.47 Å². The summed E-state index contributed by atoms with van der Waals surface area (Å²) in [5, 5.41) is 2.93. The van der Waals surface area contributed by atoms with Crippen LogP contribution in [0.2, 0.25) is 0 Å². The number of hydrogen-bond donors (Lipinski definition) is 1. The third-order valence-electron chi connectivity index (χ3n) is 2.49. The van der Waals surface area contributed by atoms with Crippen molar-refractivity contribution in [2.24, 2.45) is 0 Å². The van der Waals surface area contributed by atoms with Gasteiger partial charge in [0.1, 0.15) is 15.4 Å². The maximum absolute atomic E-state index is 12.1. The number of nitrogens with zero attached hydrogens (tertiary/aromatic N) is 1. The second kappa shape index (κ2) is 10.2. The molecule has 0 aliphatic rings. The van der Waals surface area contributed by atoms with Crippen molar-refractivity contribution in [1.82, 2.24) is 10.2 Å². The van der Waals surface area contributed by atoms with Crippen LogP contribution >= 0.6 is 0 Å². The quantitative estimate of drug-likeness (QED) is 0.520. The van der Waals surface area contributed by atoms with Crippen LogP contribution in [0.5, 0.6) is 0 Å². The van der Waals surface area contributed by atoms with Gasteiger partial charge in [-0.1, -0.05) is 0 Å². The molecule has 0 unspecified atom stereocenters. The molecule has 2 amide bonds. The molecule has 0 heterocycles. The normalized spacial score (nSPS) is 11.4. The van der Waals surface area contributed by atoms with Crippen molar-refractivity contribution in [3.63, 3.8) is 0 Å². The summed E-state index contributed by atoms with van der Waals surface area (Å²) >= 11 is 0. The average Bonchev–Trinajstić information content (AvgIpc) is 2.28. The van der Waals surface area contributed by atoms with Crippen LogP contribution in [0.4, 0.5) is 4.79 Å². The summed E-state index contributed by atoms with van der Waals surface area (Å²) in [6.45, 7) is 13.2. The Balaban J connectivity index is 4.12. The fourth-order valence-electron chi connectivity index (χ4n) is 1.84. The Morgan fingerprint density at radius 3 is 1.95 bits per heavy atom. The maximum Gasteiger partial charge on any atom is 0.317 e. The van der Waals surface area contributed by atoms with Crippen molar-refractivity contribution in [2.45, 2.75) is 59.5 Å². The molecular weight excluding hydrogens is 260 g/mol. The maximum atomic E-state index is 12.1. The van der Waals surface area contributed by atoms with Crippen LogP contribution in [0.25, 0.3) is 0 Å². The van der Waals surface area contributed by atoms with Crippen molar-refractivity contribution >= 4 is 15.6 Å². The zero-order valence-electron chi connectivity index (χ0n) is 13.0. The van der Waals surface area contributed by atoms with Gasteiger partial charge < -0.3 is 19.7 Å². The fourth-order valence-corrected chi connectivity index (χ4v) is 2.82. The monoisotopic (exact) mass is 288 g/mol. The molecule has 0 fully saturated rings. The van der Waals surface area contributed by atoms with E-state index < -0.39 is 0 Å². The van der Waals surface area contributed by atoms with E-state index in [1.165, 1.54) is 0 Å². The summed E-state index contributed by atoms with van der Waals surface area (Å²) in [6, 6.07) is 0.361. The van der Waals surface area contributed by atoms with Crippen molar-refractivity contribution in [2.75, 3.05) is 19.4 Å². The smallest absolute Gasteiger partial charge is 0.317 e. The minimum absolute atomic E-state index is 0.0238. The predicted octanol–water partition coefficient (Wildman–Crippen LogP) is 1.83. The first-order valence-corrected chi connectivity index (χ1v) is 8.25. The average molecular weight is 288 g/mol. The summed E-state index contributed by atoms with van der Waals surface area (Å²) in [5.74, 6) is -0.207. The van der Waals surface area contributed by atoms with Crippen LogP contribution in [-0.4, -0.2) is 57.8 Å². The van der Waals surface area contributed by atoms with Crippen molar-refractivity contribution in [1.29, 1.82) is 0 Å². The zero-order chi connectivity index (χ0) is 14.8. The highest BCUT2D eigenvalue weighted by Crippen LogP contribution is 2.04. The third-order valence-corrected chi connectivity index (χ3v) is 3.54. The van der Waals surface area contributed by atoms with Gasteiger partial charge >= 0.3 is 6.03 Å². The number of hydrogen-bond acceptors (Lipinski definition) is 3. The summed E-state index contributed by atoms with van der Waals surface area (Å²) in [4.78, 5) is 13.9. The summed E-state index contributed by atoms with van der Waals surface area (Å²) in [5.41, 5.74) is 0. The van der Waals surface area contributed by atoms with E-state index in [1.54, 1.807) is 0 Å². The number of carbonyl (C=O) groups is 1. The predicted molar refractivity (Wildman–Crippen MR) is 78.3 cm³/mol. The topological polar surface area (TPSA) is 50.8 Å². The lowest BCUT2D eigenvalue weighted by molar-refractivity contribution is -0.0827. The van der Waals surface area contributed by atoms with Crippen LogP contribution in [0.3, 0.4) is 0 Å². The highest BCUT2D eigenvalue weighted by molar-refractivity contribution is 6.37. The van der Waals surface area contributed by atoms with Crippen LogP contribution in [0.1, 0.15) is 41.5 Å². The van der Waals surface area contributed by atoms with E-state index in [0.717, 1.165) is 0 Å². The minimum atomic E-state index is -0.207. The summed E-state index contributed by atoms with van der Waals surface area (Å²) < 4.78 is 10.9. The second-order valence-electron chi connectivity index (χ2n) is 4.70. The molecule has 1 N–H and O–H groups in total. The molecule has 0 rings (SSSR count). The number of rotatable bonds is 9. The molecule has 0 atom stereocenters. The van der Waals surface area contributed by atoms with E-state index in [9.17, 15) is 4.79 Å². The van der Waals surface area contributed by atoms with Crippen LogP contribution in [-0.2, 0) is 9.47 Å². The van der Waals surface area contributed by atoms with Gasteiger partial charge in [-0.25, -0.2) is 4.79 Å². The summed E-state index contributed by atoms with van der Waals surface area (Å²) in [6.07, 6.45) is 0.583. The molecule has 19 heavy (non-hydrogen) atoms. The van der Waals surface area contributed by atoms with Crippen LogP contribution < -0.4 is 5.32 Å². The Bertz CT molecular complexity index is 236. The molecule has 0 aromatic heterocycles. The van der Waals surface area contributed by atoms with Gasteiger partial charge in [0.05, 0.1) is 0 Å². The van der Waals surface area contributed by atoms with Crippen LogP contribution in [0.15, 0.2) is 0 Å². The molecule has 0 aliphatic heterocycles. The molecular formula is C13H28N2O3Si. The number of nitrogens with one attached hydrogen (secondary N) is 1. The lowest BCUT2D eigenvalue weighted by atomic mass is 10.2. The lowest BCUT2D eigenvalue weighted by Crippen LogP contribution is -2.49. The molecule has 0 aromatic carbocycles. The first kappa shape index (κ1) is 18.4. The van der Waals surface area contributed by atoms with Gasteiger partial charge in [0.25, 0.3) is 0 Å². The Morgan fingerprint density at radius 2 is 1.58 bits per heavy atom. The second-order valence-corrected chi connectivity index (χ2v) is 5.93. The van der Waals surface area contributed by atoms with E-state index in [2.05, 4.69) is 5.32 Å². The molecule has 2 radical (unpaired) electrons. The van der Waals surface area contributed by atoms with Gasteiger partial charge in [-0.05, 0) is 41.5 Å². The standard InChI is InChI=1S/C13H28N2O3Si/c1-7-17-13(18-8-2)19-9-14-12(16)15(10(3)4)11(5)6/h10-11,13H,7-9H2,1-6H3,(H,14,16). The zero-order valence-corrected chi connectivity index (χ0v) is 14.0. The first-order valence-electron chi connectivity index (χ1n) is 6.96. The van der Waals surface area contributed by atoms with E-state index >= 15 is 0 Å². The van der Waals surface area contributed by atoms with E-state index in [1.807, 2.05) is 46.4 Å². The molecule has 0 aromatic rings. The van der Waals surface area contributed by atoms with Gasteiger partial charge in [0.15, 0.2) is 0 Å². The molecule has 0 aliphatic carbocycles. The first-order chi connectivity index (χ1) is 8.93. The van der Waals surface area contributed by atoms with Crippen molar-refractivity contribution < 1.29 is 14.3 Å². The van der Waals surface area contributed by atoms with Crippen molar-refractivity contribution in [3.05, 3.63) is 0 Å². The van der Waals surface area contributed by atoms with Gasteiger partial charge in [-0.2, -0.15) is 0 Å².